The lowest BCUT2D eigenvalue weighted by atomic mass is 10.1. The Hall–Kier alpha value is -1.26. The van der Waals surface area contributed by atoms with Crippen molar-refractivity contribution < 1.29 is 5.11 Å². The van der Waals surface area contributed by atoms with Crippen LogP contribution in [-0.4, -0.2) is 14.7 Å². The fourth-order valence-electron chi connectivity index (χ4n) is 2.96. The van der Waals surface area contributed by atoms with Crippen molar-refractivity contribution in [3.8, 4) is 0 Å². The molecule has 3 nitrogen and oxygen atoms in total. The van der Waals surface area contributed by atoms with E-state index in [1.807, 2.05) is 0 Å². The Labute approximate surface area is 143 Å². The second-order valence-corrected chi connectivity index (χ2v) is 8.07. The van der Waals surface area contributed by atoms with Gasteiger partial charge in [0, 0.05) is 11.4 Å². The van der Waals surface area contributed by atoms with E-state index < -0.39 is 0 Å². The summed E-state index contributed by atoms with van der Waals surface area (Å²) >= 11 is 1.79. The molecule has 0 amide bonds. The quantitative estimate of drug-likeness (QED) is 0.836. The Bertz CT molecular complexity index is 681. The Morgan fingerprint density at radius 2 is 1.87 bits per heavy atom. The van der Waals surface area contributed by atoms with Crippen LogP contribution in [0.5, 0.6) is 0 Å². The van der Waals surface area contributed by atoms with Gasteiger partial charge in [-0.05, 0) is 61.8 Å². The third kappa shape index (κ3) is 3.81. The SMILES string of the molecule is Cc1cc(C)cc(Sc2c(C(C)C)nc(CO)n2CC2CC2)c1. The summed E-state index contributed by atoms with van der Waals surface area (Å²) in [6, 6.07) is 6.66. The lowest BCUT2D eigenvalue weighted by molar-refractivity contribution is 0.262. The van der Waals surface area contributed by atoms with Crippen LogP contribution in [0.4, 0.5) is 0 Å². The second-order valence-electron chi connectivity index (χ2n) is 7.01. The Morgan fingerprint density at radius 1 is 1.22 bits per heavy atom. The van der Waals surface area contributed by atoms with Crippen molar-refractivity contribution in [2.24, 2.45) is 5.92 Å². The Balaban J connectivity index is 2.01. The van der Waals surface area contributed by atoms with Gasteiger partial charge in [-0.2, -0.15) is 0 Å². The number of benzene rings is 1. The molecule has 1 fully saturated rings. The number of aryl methyl sites for hydroxylation is 2. The molecule has 0 aliphatic heterocycles. The molecule has 0 spiro atoms. The number of hydrogen-bond acceptors (Lipinski definition) is 3. The summed E-state index contributed by atoms with van der Waals surface area (Å²) in [4.78, 5) is 6.00. The lowest BCUT2D eigenvalue weighted by Gasteiger charge is -2.13. The van der Waals surface area contributed by atoms with Crippen LogP contribution < -0.4 is 0 Å². The van der Waals surface area contributed by atoms with Gasteiger partial charge in [0.15, 0.2) is 0 Å². The van der Waals surface area contributed by atoms with Crippen molar-refractivity contribution in [1.29, 1.82) is 0 Å². The van der Waals surface area contributed by atoms with Gasteiger partial charge >= 0.3 is 0 Å². The first-order valence-electron chi connectivity index (χ1n) is 8.44. The summed E-state index contributed by atoms with van der Waals surface area (Å²) in [7, 11) is 0. The van der Waals surface area contributed by atoms with Crippen LogP contribution in [0.1, 0.15) is 55.3 Å². The molecule has 0 saturated heterocycles. The van der Waals surface area contributed by atoms with E-state index in [1.54, 1.807) is 11.8 Å². The highest BCUT2D eigenvalue weighted by atomic mass is 32.2. The molecule has 1 saturated carbocycles. The molecule has 1 aromatic carbocycles. The molecule has 23 heavy (non-hydrogen) atoms. The monoisotopic (exact) mass is 330 g/mol. The molecule has 0 atom stereocenters. The molecule has 0 unspecified atom stereocenters. The van der Waals surface area contributed by atoms with Gasteiger partial charge in [-0.1, -0.05) is 31.7 Å². The molecule has 2 aromatic rings. The fraction of sp³-hybridized carbons (Fsp3) is 0.526. The average molecular weight is 330 g/mol. The van der Waals surface area contributed by atoms with Crippen molar-refractivity contribution in [2.45, 2.75) is 69.5 Å². The zero-order valence-electron chi connectivity index (χ0n) is 14.5. The highest BCUT2D eigenvalue weighted by Gasteiger charge is 2.27. The average Bonchev–Trinajstić information content (AvgIpc) is 3.21. The number of imidazole rings is 1. The normalized spacial score (nSPS) is 14.7. The zero-order chi connectivity index (χ0) is 16.6. The molecule has 1 heterocycles. The maximum absolute atomic E-state index is 9.73. The van der Waals surface area contributed by atoms with Gasteiger partial charge in [-0.25, -0.2) is 4.98 Å². The molecule has 4 heteroatoms. The number of aromatic nitrogens is 2. The van der Waals surface area contributed by atoms with Gasteiger partial charge in [-0.15, -0.1) is 0 Å². The standard InChI is InChI=1S/C19H26N2OS/c1-12(2)18-19(23-16-8-13(3)7-14(4)9-16)21(10-15-5-6-15)17(11-22)20-18/h7-9,12,15,22H,5-6,10-11H2,1-4H3. The zero-order valence-corrected chi connectivity index (χ0v) is 15.3. The summed E-state index contributed by atoms with van der Waals surface area (Å²) in [6.07, 6.45) is 2.60. The van der Waals surface area contributed by atoms with Crippen molar-refractivity contribution >= 4 is 11.8 Å². The summed E-state index contributed by atoms with van der Waals surface area (Å²) in [5.41, 5.74) is 3.68. The molecule has 1 aromatic heterocycles. The van der Waals surface area contributed by atoms with E-state index in [1.165, 1.54) is 33.9 Å². The highest BCUT2D eigenvalue weighted by molar-refractivity contribution is 7.99. The molecule has 0 bridgehead atoms. The van der Waals surface area contributed by atoms with Crippen LogP contribution in [0, 0.1) is 19.8 Å². The van der Waals surface area contributed by atoms with Crippen molar-refractivity contribution in [3.63, 3.8) is 0 Å². The topological polar surface area (TPSA) is 38.1 Å². The molecule has 1 aliphatic rings. The number of rotatable bonds is 6. The lowest BCUT2D eigenvalue weighted by Crippen LogP contribution is -2.07. The van der Waals surface area contributed by atoms with Crippen LogP contribution >= 0.6 is 11.8 Å². The Kier molecular flexibility index (Phi) is 4.83. The summed E-state index contributed by atoms with van der Waals surface area (Å²) in [5, 5.41) is 10.9. The second kappa shape index (κ2) is 6.70. The smallest absolute Gasteiger partial charge is 0.135 e. The molecule has 3 rings (SSSR count). The third-order valence-corrected chi connectivity index (χ3v) is 5.36. The van der Waals surface area contributed by atoms with Crippen molar-refractivity contribution in [2.75, 3.05) is 0 Å². The predicted molar refractivity (Wildman–Crippen MR) is 95.0 cm³/mol. The van der Waals surface area contributed by atoms with Crippen LogP contribution in [-0.2, 0) is 13.2 Å². The fourth-order valence-corrected chi connectivity index (χ4v) is 4.35. The molecule has 124 valence electrons. The van der Waals surface area contributed by atoms with E-state index in [-0.39, 0.29) is 6.61 Å². The molecule has 1 aliphatic carbocycles. The van der Waals surface area contributed by atoms with E-state index in [0.717, 1.165) is 24.0 Å². The molecular weight excluding hydrogens is 304 g/mol. The van der Waals surface area contributed by atoms with Gasteiger partial charge in [-0.3, -0.25) is 0 Å². The van der Waals surface area contributed by atoms with E-state index >= 15 is 0 Å². The number of aliphatic hydroxyl groups is 1. The number of hydrogen-bond donors (Lipinski definition) is 1. The summed E-state index contributed by atoms with van der Waals surface area (Å²) in [5.74, 6) is 1.93. The molecular formula is C19H26N2OS. The van der Waals surface area contributed by atoms with E-state index in [9.17, 15) is 5.11 Å². The first-order chi connectivity index (χ1) is 11.0. The number of nitrogens with zero attached hydrogens (tertiary/aromatic N) is 2. The van der Waals surface area contributed by atoms with Gasteiger partial charge in [0.05, 0.1) is 5.69 Å². The maximum atomic E-state index is 9.73. The maximum Gasteiger partial charge on any atom is 0.135 e. The minimum atomic E-state index is 0.0137. The van der Waals surface area contributed by atoms with Gasteiger partial charge in [0.1, 0.15) is 17.5 Å². The first-order valence-corrected chi connectivity index (χ1v) is 9.26. The van der Waals surface area contributed by atoms with E-state index in [2.05, 4.69) is 50.5 Å². The van der Waals surface area contributed by atoms with Crippen LogP contribution in [0.25, 0.3) is 0 Å². The van der Waals surface area contributed by atoms with Crippen LogP contribution in [0.3, 0.4) is 0 Å². The van der Waals surface area contributed by atoms with Gasteiger partial charge in [0.25, 0.3) is 0 Å². The van der Waals surface area contributed by atoms with Crippen LogP contribution in [0.2, 0.25) is 0 Å². The van der Waals surface area contributed by atoms with Gasteiger partial charge < -0.3 is 9.67 Å². The van der Waals surface area contributed by atoms with Crippen molar-refractivity contribution in [3.05, 3.63) is 40.8 Å². The number of aliphatic hydroxyl groups excluding tert-OH is 1. The largest absolute Gasteiger partial charge is 0.388 e. The van der Waals surface area contributed by atoms with Crippen molar-refractivity contribution in [1.82, 2.24) is 9.55 Å². The Morgan fingerprint density at radius 3 is 2.39 bits per heavy atom. The summed E-state index contributed by atoms with van der Waals surface area (Å²) in [6.45, 7) is 9.64. The predicted octanol–water partition coefficient (Wildman–Crippen LogP) is 4.68. The van der Waals surface area contributed by atoms with Crippen LogP contribution in [0.15, 0.2) is 28.1 Å². The molecule has 1 N–H and O–H groups in total. The summed E-state index contributed by atoms with van der Waals surface area (Å²) < 4.78 is 2.26. The van der Waals surface area contributed by atoms with Gasteiger partial charge in [0.2, 0.25) is 0 Å². The van der Waals surface area contributed by atoms with E-state index in [0.29, 0.717) is 5.92 Å². The molecule has 0 radical (unpaired) electrons. The highest BCUT2D eigenvalue weighted by Crippen LogP contribution is 2.39. The third-order valence-electron chi connectivity index (χ3n) is 4.26. The minimum Gasteiger partial charge on any atom is -0.388 e. The first kappa shape index (κ1) is 16.6. The van der Waals surface area contributed by atoms with E-state index in [4.69, 9.17) is 4.98 Å². The minimum absolute atomic E-state index is 0.0137.